The van der Waals surface area contributed by atoms with E-state index in [0.29, 0.717) is 17.8 Å². The Balaban J connectivity index is 2.18. The summed E-state index contributed by atoms with van der Waals surface area (Å²) in [6.07, 6.45) is 3.75. The van der Waals surface area contributed by atoms with Crippen molar-refractivity contribution in [3.8, 4) is 0 Å². The Morgan fingerprint density at radius 1 is 1.35 bits per heavy atom. The molecule has 0 aromatic heterocycles. The van der Waals surface area contributed by atoms with Crippen molar-refractivity contribution >= 4 is 5.94 Å². The van der Waals surface area contributed by atoms with Crippen molar-refractivity contribution in [2.24, 2.45) is 28.6 Å². The standard InChI is InChI=1S/C15H22O2/c1-9-6-7-15-10(8-16)4-5-11(15)14(2,3)12(9)13(15)17/h9,11-13,17H,4-7H2,1-3H3/t9-,11+,12+,13+,15-/m1/s1. The van der Waals surface area contributed by atoms with Crippen LogP contribution in [-0.4, -0.2) is 17.2 Å². The topological polar surface area (TPSA) is 37.3 Å². The summed E-state index contributed by atoms with van der Waals surface area (Å²) in [6, 6.07) is 0. The molecule has 0 aliphatic heterocycles. The molecule has 0 aromatic carbocycles. The zero-order valence-electron chi connectivity index (χ0n) is 11.0. The molecule has 5 atom stereocenters. The number of hydrogen-bond donors (Lipinski definition) is 1. The van der Waals surface area contributed by atoms with E-state index in [1.807, 2.05) is 0 Å². The molecular formula is C15H22O2. The molecule has 3 aliphatic rings. The molecule has 3 rings (SSSR count). The molecular weight excluding hydrogens is 212 g/mol. The van der Waals surface area contributed by atoms with Gasteiger partial charge in [0.1, 0.15) is 5.94 Å². The van der Waals surface area contributed by atoms with E-state index in [0.717, 1.165) is 31.3 Å². The van der Waals surface area contributed by atoms with Gasteiger partial charge < -0.3 is 5.11 Å². The molecule has 0 aromatic rings. The van der Waals surface area contributed by atoms with Gasteiger partial charge in [0.15, 0.2) is 0 Å². The molecule has 3 saturated carbocycles. The van der Waals surface area contributed by atoms with E-state index >= 15 is 0 Å². The molecule has 0 heterocycles. The van der Waals surface area contributed by atoms with Crippen LogP contribution < -0.4 is 0 Å². The zero-order chi connectivity index (χ0) is 12.4. The summed E-state index contributed by atoms with van der Waals surface area (Å²) >= 11 is 0. The van der Waals surface area contributed by atoms with Crippen molar-refractivity contribution < 1.29 is 9.90 Å². The quantitative estimate of drug-likeness (QED) is 0.654. The second-order valence-corrected chi connectivity index (χ2v) is 7.02. The molecule has 2 heteroatoms. The number of aliphatic hydroxyl groups is 1. The molecule has 1 N–H and O–H groups in total. The van der Waals surface area contributed by atoms with Crippen LogP contribution in [0, 0.1) is 28.6 Å². The van der Waals surface area contributed by atoms with E-state index in [2.05, 4.69) is 26.7 Å². The Kier molecular flexibility index (Phi) is 2.19. The normalized spacial score (nSPS) is 51.2. The number of aliphatic hydroxyl groups excluding tert-OH is 1. The monoisotopic (exact) mass is 234 g/mol. The van der Waals surface area contributed by atoms with Crippen molar-refractivity contribution in [1.82, 2.24) is 0 Å². The fourth-order valence-electron chi connectivity index (χ4n) is 5.68. The third kappa shape index (κ3) is 1.09. The van der Waals surface area contributed by atoms with E-state index in [-0.39, 0.29) is 16.9 Å². The predicted molar refractivity (Wildman–Crippen MR) is 66.0 cm³/mol. The Labute approximate surface area is 103 Å². The van der Waals surface area contributed by atoms with Gasteiger partial charge in [-0.3, -0.25) is 0 Å². The van der Waals surface area contributed by atoms with Crippen LogP contribution in [0.25, 0.3) is 0 Å². The fourth-order valence-corrected chi connectivity index (χ4v) is 5.68. The molecule has 0 radical (unpaired) electrons. The van der Waals surface area contributed by atoms with Gasteiger partial charge in [0.2, 0.25) is 0 Å². The fraction of sp³-hybridized carbons (Fsp3) is 0.867. The van der Waals surface area contributed by atoms with Gasteiger partial charge in [0.05, 0.1) is 6.10 Å². The zero-order valence-corrected chi connectivity index (χ0v) is 11.0. The van der Waals surface area contributed by atoms with E-state index < -0.39 is 0 Å². The minimum absolute atomic E-state index is 0.161. The summed E-state index contributed by atoms with van der Waals surface area (Å²) in [4.78, 5) is 11.2. The number of hydrogen-bond acceptors (Lipinski definition) is 2. The molecule has 0 amide bonds. The lowest BCUT2D eigenvalue weighted by Crippen LogP contribution is -2.42. The first-order valence-electron chi connectivity index (χ1n) is 6.88. The summed E-state index contributed by atoms with van der Waals surface area (Å²) in [7, 11) is 0. The third-order valence-electron chi connectivity index (χ3n) is 6.24. The second-order valence-electron chi connectivity index (χ2n) is 7.02. The Hall–Kier alpha value is -0.590. The van der Waals surface area contributed by atoms with E-state index in [1.54, 1.807) is 0 Å². The maximum Gasteiger partial charge on any atom is 0.124 e. The molecule has 94 valence electrons. The summed E-state index contributed by atoms with van der Waals surface area (Å²) in [5.74, 6) is 3.58. The Bertz CT molecular complexity index is 405. The van der Waals surface area contributed by atoms with E-state index in [9.17, 15) is 9.90 Å². The highest BCUT2D eigenvalue weighted by Gasteiger charge is 2.69. The van der Waals surface area contributed by atoms with Crippen molar-refractivity contribution in [2.45, 2.75) is 52.6 Å². The van der Waals surface area contributed by atoms with Gasteiger partial charge in [0.25, 0.3) is 0 Å². The van der Waals surface area contributed by atoms with Gasteiger partial charge in [-0.05, 0) is 48.9 Å². The first kappa shape index (κ1) is 11.5. The van der Waals surface area contributed by atoms with Crippen LogP contribution >= 0.6 is 0 Å². The second kappa shape index (κ2) is 3.24. The van der Waals surface area contributed by atoms with E-state index in [4.69, 9.17) is 0 Å². The van der Waals surface area contributed by atoms with Crippen LogP contribution in [0.2, 0.25) is 0 Å². The molecule has 2 bridgehead atoms. The van der Waals surface area contributed by atoms with Crippen LogP contribution in [0.15, 0.2) is 5.57 Å². The van der Waals surface area contributed by atoms with Crippen LogP contribution in [-0.2, 0) is 4.79 Å². The molecule has 3 aliphatic carbocycles. The minimum Gasteiger partial charge on any atom is -0.392 e. The Morgan fingerprint density at radius 2 is 2.06 bits per heavy atom. The van der Waals surface area contributed by atoms with Crippen molar-refractivity contribution in [2.75, 3.05) is 0 Å². The van der Waals surface area contributed by atoms with Gasteiger partial charge in [0, 0.05) is 11.0 Å². The molecule has 1 spiro atoms. The lowest BCUT2D eigenvalue weighted by molar-refractivity contribution is -0.0226. The predicted octanol–water partition coefficient (Wildman–Crippen LogP) is 2.59. The highest BCUT2D eigenvalue weighted by molar-refractivity contribution is 5.58. The lowest BCUT2D eigenvalue weighted by atomic mass is 9.66. The lowest BCUT2D eigenvalue weighted by Gasteiger charge is -2.41. The SMILES string of the molecule is C[C@@H]1CC[C@@]23C(=C=O)CC[C@H]2C(C)(C)[C@@H]1[C@@H]3O. The molecule has 0 saturated heterocycles. The van der Waals surface area contributed by atoms with Crippen molar-refractivity contribution in [3.63, 3.8) is 0 Å². The van der Waals surface area contributed by atoms with Crippen LogP contribution in [0.3, 0.4) is 0 Å². The van der Waals surface area contributed by atoms with Gasteiger partial charge >= 0.3 is 0 Å². The summed E-state index contributed by atoms with van der Waals surface area (Å²) < 4.78 is 0. The average Bonchev–Trinajstić information content (AvgIpc) is 2.68. The van der Waals surface area contributed by atoms with Gasteiger partial charge in [-0.1, -0.05) is 20.8 Å². The minimum atomic E-state index is -0.315. The number of rotatable bonds is 0. The summed E-state index contributed by atoms with van der Waals surface area (Å²) in [5, 5.41) is 10.8. The highest BCUT2D eigenvalue weighted by Crippen LogP contribution is 2.71. The summed E-state index contributed by atoms with van der Waals surface area (Å²) in [6.45, 7) is 6.85. The summed E-state index contributed by atoms with van der Waals surface area (Å²) in [5.41, 5.74) is 0.841. The maximum atomic E-state index is 11.2. The van der Waals surface area contributed by atoms with Crippen LogP contribution in [0.5, 0.6) is 0 Å². The molecule has 0 unspecified atom stereocenters. The van der Waals surface area contributed by atoms with E-state index in [1.165, 1.54) is 0 Å². The smallest absolute Gasteiger partial charge is 0.124 e. The van der Waals surface area contributed by atoms with Gasteiger partial charge in [-0.25, -0.2) is 4.79 Å². The number of fused-ring (bicyclic) bond motifs is 1. The average molecular weight is 234 g/mol. The van der Waals surface area contributed by atoms with Crippen molar-refractivity contribution in [1.29, 1.82) is 0 Å². The molecule has 3 fully saturated rings. The molecule has 17 heavy (non-hydrogen) atoms. The first-order valence-corrected chi connectivity index (χ1v) is 6.88. The Morgan fingerprint density at radius 3 is 2.71 bits per heavy atom. The maximum absolute atomic E-state index is 11.2. The highest BCUT2D eigenvalue weighted by atomic mass is 16.3. The number of carbonyl (C=O) groups excluding carboxylic acids is 1. The largest absolute Gasteiger partial charge is 0.392 e. The first-order chi connectivity index (χ1) is 7.96. The van der Waals surface area contributed by atoms with Crippen LogP contribution in [0.4, 0.5) is 0 Å². The van der Waals surface area contributed by atoms with Gasteiger partial charge in [-0.2, -0.15) is 0 Å². The van der Waals surface area contributed by atoms with Crippen molar-refractivity contribution in [3.05, 3.63) is 5.57 Å². The third-order valence-corrected chi connectivity index (χ3v) is 6.24. The van der Waals surface area contributed by atoms with Crippen LogP contribution in [0.1, 0.15) is 46.5 Å². The van der Waals surface area contributed by atoms with Gasteiger partial charge in [-0.15, -0.1) is 0 Å². The molecule has 2 nitrogen and oxygen atoms in total.